The lowest BCUT2D eigenvalue weighted by molar-refractivity contribution is 0.247. The van der Waals surface area contributed by atoms with Crippen molar-refractivity contribution in [2.24, 2.45) is 10.9 Å². The van der Waals surface area contributed by atoms with Gasteiger partial charge in [-0.15, -0.1) is 0 Å². The van der Waals surface area contributed by atoms with E-state index in [4.69, 9.17) is 0 Å². The van der Waals surface area contributed by atoms with Crippen LogP contribution in [-0.2, 0) is 6.54 Å². The van der Waals surface area contributed by atoms with Crippen LogP contribution in [0.15, 0.2) is 17.6 Å². The summed E-state index contributed by atoms with van der Waals surface area (Å²) in [6.45, 7) is 11.5. The van der Waals surface area contributed by atoms with Gasteiger partial charge in [0.1, 0.15) is 5.52 Å². The number of hydrogen-bond acceptors (Lipinski definition) is 5. The van der Waals surface area contributed by atoms with E-state index in [1.165, 1.54) is 0 Å². The Balaban J connectivity index is 1.74. The van der Waals surface area contributed by atoms with Crippen LogP contribution in [0.5, 0.6) is 0 Å². The average molecular weight is 317 g/mol. The van der Waals surface area contributed by atoms with E-state index in [0.717, 1.165) is 68.9 Å². The molecule has 23 heavy (non-hydrogen) atoms. The lowest BCUT2D eigenvalue weighted by atomic mass is 10.1. The number of aromatic amines is 1. The lowest BCUT2D eigenvalue weighted by Crippen LogP contribution is -2.44. The van der Waals surface area contributed by atoms with E-state index < -0.39 is 0 Å². The Bertz CT molecular complexity index is 681. The molecule has 0 bridgehead atoms. The van der Waals surface area contributed by atoms with Crippen molar-refractivity contribution in [1.82, 2.24) is 29.7 Å². The summed E-state index contributed by atoms with van der Waals surface area (Å²) >= 11 is 0. The molecule has 0 radical (unpaired) electrons. The molecule has 0 amide bonds. The number of hydrogen-bond donors (Lipinski definition) is 2. The van der Waals surface area contributed by atoms with E-state index in [0.29, 0.717) is 5.92 Å². The minimum atomic E-state index is 0.609. The topological polar surface area (TPSA) is 74.1 Å². The molecule has 7 heteroatoms. The summed E-state index contributed by atoms with van der Waals surface area (Å²) in [7, 11) is 0. The fourth-order valence-corrected chi connectivity index (χ4v) is 2.86. The zero-order valence-corrected chi connectivity index (χ0v) is 14.1. The molecule has 2 aromatic heterocycles. The summed E-state index contributed by atoms with van der Waals surface area (Å²) in [5.41, 5.74) is 2.66. The fourth-order valence-electron chi connectivity index (χ4n) is 2.86. The van der Waals surface area contributed by atoms with Gasteiger partial charge in [-0.3, -0.25) is 9.89 Å². The number of aromatic nitrogens is 4. The molecular weight excluding hydrogens is 290 g/mol. The first kappa shape index (κ1) is 16.1. The molecule has 2 N–H and O–H groups in total. The van der Waals surface area contributed by atoms with Gasteiger partial charge in [-0.1, -0.05) is 20.3 Å². The van der Waals surface area contributed by atoms with Gasteiger partial charge in [0.2, 0.25) is 0 Å². The molecular formula is C16H27N7. The third kappa shape index (κ3) is 3.97. The van der Waals surface area contributed by atoms with Crippen LogP contribution in [0.2, 0.25) is 0 Å². The van der Waals surface area contributed by atoms with Gasteiger partial charge in [0.15, 0.2) is 11.1 Å². The van der Waals surface area contributed by atoms with Crippen molar-refractivity contribution in [3.8, 4) is 0 Å². The van der Waals surface area contributed by atoms with Crippen LogP contribution in [0.4, 0.5) is 0 Å². The second-order valence-electron chi connectivity index (χ2n) is 6.31. The monoisotopic (exact) mass is 317 g/mol. The summed E-state index contributed by atoms with van der Waals surface area (Å²) in [5, 5.41) is 3.37. The predicted molar refractivity (Wildman–Crippen MR) is 91.1 cm³/mol. The van der Waals surface area contributed by atoms with Crippen LogP contribution in [0.3, 0.4) is 0 Å². The quantitative estimate of drug-likeness (QED) is 0.819. The van der Waals surface area contributed by atoms with Gasteiger partial charge in [0.05, 0.1) is 19.2 Å². The van der Waals surface area contributed by atoms with Gasteiger partial charge >= 0.3 is 0 Å². The first-order valence-electron chi connectivity index (χ1n) is 8.60. The van der Waals surface area contributed by atoms with Crippen molar-refractivity contribution in [2.45, 2.75) is 26.8 Å². The zero-order chi connectivity index (χ0) is 16.1. The van der Waals surface area contributed by atoms with Crippen molar-refractivity contribution in [3.63, 3.8) is 0 Å². The molecule has 1 atom stereocenters. The van der Waals surface area contributed by atoms with E-state index in [9.17, 15) is 0 Å². The highest BCUT2D eigenvalue weighted by Crippen LogP contribution is 2.09. The van der Waals surface area contributed by atoms with Crippen LogP contribution in [-0.4, -0.2) is 63.7 Å². The maximum absolute atomic E-state index is 4.68. The zero-order valence-electron chi connectivity index (χ0n) is 14.1. The highest BCUT2D eigenvalue weighted by atomic mass is 15.2. The minimum Gasteiger partial charge on any atom is -0.340 e. The highest BCUT2D eigenvalue weighted by molar-refractivity contribution is 5.68. The van der Waals surface area contributed by atoms with Crippen LogP contribution >= 0.6 is 0 Å². The van der Waals surface area contributed by atoms with E-state index in [-0.39, 0.29) is 0 Å². The third-order valence-electron chi connectivity index (χ3n) is 4.53. The Hall–Kier alpha value is -1.73. The molecule has 0 aromatic carbocycles. The number of nitrogens with zero attached hydrogens (tertiary/aromatic N) is 5. The number of piperazine rings is 1. The fraction of sp³-hybridized carbons (Fsp3) is 0.688. The standard InChI is InChI=1S/C16H27N7/c1-3-13(2)10-23-12-21-15(14-16(23)20-11-19-14)18-6-9-22-7-4-17-5-8-22/h11-13,17H,3-10H2,1-2H3,(H,19,20). The predicted octanol–water partition coefficient (Wildman–Crippen LogP) is 0.611. The third-order valence-corrected chi connectivity index (χ3v) is 4.53. The maximum atomic E-state index is 4.68. The van der Waals surface area contributed by atoms with E-state index in [2.05, 4.69) is 48.6 Å². The molecule has 3 heterocycles. The first-order chi connectivity index (χ1) is 11.3. The largest absolute Gasteiger partial charge is 0.340 e. The molecule has 1 aliphatic heterocycles. The summed E-state index contributed by atoms with van der Waals surface area (Å²) in [6, 6.07) is 0. The molecule has 7 nitrogen and oxygen atoms in total. The van der Waals surface area contributed by atoms with Crippen molar-refractivity contribution in [3.05, 3.63) is 18.1 Å². The number of imidazole rings is 1. The Kier molecular flexibility index (Phi) is 5.40. The minimum absolute atomic E-state index is 0.609. The maximum Gasteiger partial charge on any atom is 0.176 e. The highest BCUT2D eigenvalue weighted by Gasteiger charge is 2.09. The van der Waals surface area contributed by atoms with Crippen LogP contribution in [0.1, 0.15) is 20.3 Å². The van der Waals surface area contributed by atoms with Gasteiger partial charge in [-0.2, -0.15) is 0 Å². The normalized spacial score (nSPS) is 18.6. The molecule has 1 aliphatic rings. The Morgan fingerprint density at radius 2 is 2.13 bits per heavy atom. The molecule has 0 spiro atoms. The second kappa shape index (κ2) is 7.70. The average Bonchev–Trinajstić information content (AvgIpc) is 3.08. The number of H-pyrrole nitrogens is 1. The van der Waals surface area contributed by atoms with Gasteiger partial charge in [-0.05, 0) is 5.92 Å². The molecule has 1 unspecified atom stereocenters. The summed E-state index contributed by atoms with van der Waals surface area (Å²) in [6.07, 6.45) is 4.75. The number of rotatable bonds is 6. The van der Waals surface area contributed by atoms with Crippen LogP contribution in [0, 0.1) is 5.92 Å². The SMILES string of the molecule is CCC(C)Cn1cnc(=NCCN2CCNCC2)c2[nH]cnc21. The molecule has 1 fully saturated rings. The number of nitrogens with one attached hydrogen (secondary N) is 2. The van der Waals surface area contributed by atoms with Gasteiger partial charge in [0, 0.05) is 39.3 Å². The van der Waals surface area contributed by atoms with Crippen LogP contribution in [0.25, 0.3) is 11.2 Å². The molecule has 0 saturated carbocycles. The van der Waals surface area contributed by atoms with E-state index in [1.54, 1.807) is 6.33 Å². The van der Waals surface area contributed by atoms with Gasteiger partial charge in [-0.25, -0.2) is 9.97 Å². The molecule has 3 rings (SSSR count). The van der Waals surface area contributed by atoms with E-state index in [1.807, 2.05) is 6.33 Å². The summed E-state index contributed by atoms with van der Waals surface area (Å²) < 4.78 is 2.12. The van der Waals surface area contributed by atoms with Crippen molar-refractivity contribution < 1.29 is 0 Å². The first-order valence-corrected chi connectivity index (χ1v) is 8.60. The smallest absolute Gasteiger partial charge is 0.176 e. The van der Waals surface area contributed by atoms with Crippen molar-refractivity contribution in [1.29, 1.82) is 0 Å². The molecule has 0 aliphatic carbocycles. The molecule has 126 valence electrons. The Morgan fingerprint density at radius 3 is 2.91 bits per heavy atom. The van der Waals surface area contributed by atoms with Crippen molar-refractivity contribution >= 4 is 11.2 Å². The lowest BCUT2D eigenvalue weighted by Gasteiger charge is -2.26. The Morgan fingerprint density at radius 1 is 1.30 bits per heavy atom. The second-order valence-corrected chi connectivity index (χ2v) is 6.31. The number of fused-ring (bicyclic) bond motifs is 1. The summed E-state index contributed by atoms with van der Waals surface area (Å²) in [5.74, 6) is 0.609. The Labute approximate surface area is 136 Å². The van der Waals surface area contributed by atoms with E-state index >= 15 is 0 Å². The van der Waals surface area contributed by atoms with Gasteiger partial charge < -0.3 is 14.9 Å². The summed E-state index contributed by atoms with van der Waals surface area (Å²) in [4.78, 5) is 19.3. The van der Waals surface area contributed by atoms with Crippen LogP contribution < -0.4 is 10.8 Å². The molecule has 1 saturated heterocycles. The molecule has 2 aromatic rings. The van der Waals surface area contributed by atoms with Gasteiger partial charge in [0.25, 0.3) is 0 Å². The van der Waals surface area contributed by atoms with Crippen molar-refractivity contribution in [2.75, 3.05) is 39.3 Å².